The Morgan fingerprint density at radius 2 is 1.78 bits per heavy atom. The topological polar surface area (TPSA) is 23.1 Å². The van der Waals surface area contributed by atoms with Crippen LogP contribution in [-0.4, -0.2) is 32.1 Å². The van der Waals surface area contributed by atoms with Crippen molar-refractivity contribution in [3.63, 3.8) is 0 Å². The summed E-state index contributed by atoms with van der Waals surface area (Å²) in [6.07, 6.45) is 0. The lowest BCUT2D eigenvalue weighted by Gasteiger charge is -2.24. The summed E-state index contributed by atoms with van der Waals surface area (Å²) in [5.74, 6) is 0. The molecular weight excluding hydrogens is 114 g/mol. The van der Waals surface area contributed by atoms with E-state index in [0.717, 1.165) is 6.54 Å². The molecule has 2 heteroatoms. The average molecular weight is 130 g/mol. The van der Waals surface area contributed by atoms with E-state index < -0.39 is 0 Å². The Morgan fingerprint density at radius 3 is 1.89 bits per heavy atom. The van der Waals surface area contributed by atoms with Gasteiger partial charge in [0.15, 0.2) is 0 Å². The van der Waals surface area contributed by atoms with Crippen molar-refractivity contribution < 1.29 is 5.11 Å². The molecule has 0 saturated carbocycles. The van der Waals surface area contributed by atoms with Crippen LogP contribution in [0.15, 0.2) is 0 Å². The van der Waals surface area contributed by atoms with Crippen LogP contribution in [0.1, 0.15) is 13.8 Å². The molecule has 0 aromatic rings. The van der Waals surface area contributed by atoms with Gasteiger partial charge in [0, 0.05) is 12.0 Å². The standard InChI is InChI=1S/C7H16NO/c1-7(2,6-9)5-8(3)4/h5-6H2,1-4H3. The van der Waals surface area contributed by atoms with Crippen molar-refractivity contribution in [2.75, 3.05) is 27.2 Å². The summed E-state index contributed by atoms with van der Waals surface area (Å²) >= 11 is 0. The molecule has 0 amide bonds. The van der Waals surface area contributed by atoms with Gasteiger partial charge in [-0.05, 0) is 14.1 Å². The van der Waals surface area contributed by atoms with Crippen LogP contribution < -0.4 is 0 Å². The van der Waals surface area contributed by atoms with Gasteiger partial charge in [-0.2, -0.15) is 0 Å². The van der Waals surface area contributed by atoms with Crippen LogP contribution in [0.2, 0.25) is 0 Å². The fraction of sp³-hybridized carbons (Fsp3) is 1.00. The molecule has 0 fully saturated rings. The summed E-state index contributed by atoms with van der Waals surface area (Å²) in [6.45, 7) is 4.85. The lowest BCUT2D eigenvalue weighted by atomic mass is 9.95. The minimum atomic E-state index is -0.0660. The van der Waals surface area contributed by atoms with E-state index in [9.17, 15) is 5.11 Å². The van der Waals surface area contributed by atoms with Crippen molar-refractivity contribution >= 4 is 0 Å². The first-order valence-electron chi connectivity index (χ1n) is 3.21. The molecule has 0 N–H and O–H groups in total. The molecule has 0 aliphatic heterocycles. The lowest BCUT2D eigenvalue weighted by molar-refractivity contribution is 0.0729. The second-order valence-electron chi connectivity index (χ2n) is 3.55. The predicted molar refractivity (Wildman–Crippen MR) is 37.9 cm³/mol. The molecule has 2 nitrogen and oxygen atoms in total. The highest BCUT2D eigenvalue weighted by molar-refractivity contribution is 4.68. The fourth-order valence-electron chi connectivity index (χ4n) is 0.902. The van der Waals surface area contributed by atoms with E-state index >= 15 is 0 Å². The molecule has 0 aliphatic carbocycles. The van der Waals surface area contributed by atoms with E-state index in [1.165, 1.54) is 0 Å². The average Bonchev–Trinajstić information content (AvgIpc) is 1.63. The highest BCUT2D eigenvalue weighted by atomic mass is 16.3. The summed E-state index contributed by atoms with van der Waals surface area (Å²) in [5, 5.41) is 10.5. The fourth-order valence-corrected chi connectivity index (χ4v) is 0.902. The molecule has 0 heterocycles. The third kappa shape index (κ3) is 4.43. The number of hydrogen-bond acceptors (Lipinski definition) is 1. The van der Waals surface area contributed by atoms with Crippen molar-refractivity contribution in [3.05, 3.63) is 0 Å². The molecule has 1 radical (unpaired) electrons. The first-order valence-corrected chi connectivity index (χ1v) is 3.21. The van der Waals surface area contributed by atoms with Gasteiger partial charge in [0.05, 0.1) is 6.61 Å². The van der Waals surface area contributed by atoms with Gasteiger partial charge in [-0.25, -0.2) is 5.11 Å². The van der Waals surface area contributed by atoms with Gasteiger partial charge in [0.1, 0.15) is 0 Å². The first kappa shape index (κ1) is 8.92. The van der Waals surface area contributed by atoms with Crippen LogP contribution in [-0.2, 0) is 5.11 Å². The SMILES string of the molecule is CN(C)CC(C)(C)C[O]. The van der Waals surface area contributed by atoms with E-state index in [0.29, 0.717) is 0 Å². The van der Waals surface area contributed by atoms with E-state index in [4.69, 9.17) is 0 Å². The van der Waals surface area contributed by atoms with Crippen LogP contribution in [0.4, 0.5) is 0 Å². The molecule has 0 aromatic heterocycles. The summed E-state index contributed by atoms with van der Waals surface area (Å²) in [4.78, 5) is 2.04. The minimum Gasteiger partial charge on any atom is -0.309 e. The molecule has 0 aromatic carbocycles. The quantitative estimate of drug-likeness (QED) is 0.559. The van der Waals surface area contributed by atoms with Crippen molar-refractivity contribution in [2.45, 2.75) is 13.8 Å². The highest BCUT2D eigenvalue weighted by Gasteiger charge is 2.17. The van der Waals surface area contributed by atoms with Crippen molar-refractivity contribution in [1.29, 1.82) is 0 Å². The van der Waals surface area contributed by atoms with Crippen LogP contribution in [0, 0.1) is 5.41 Å². The van der Waals surface area contributed by atoms with Crippen molar-refractivity contribution in [1.82, 2.24) is 4.90 Å². The Labute approximate surface area is 57.5 Å². The lowest BCUT2D eigenvalue weighted by Crippen LogP contribution is -2.30. The van der Waals surface area contributed by atoms with Gasteiger partial charge in [-0.15, -0.1) is 0 Å². The molecule has 0 rings (SSSR count). The smallest absolute Gasteiger partial charge is 0.0885 e. The maximum Gasteiger partial charge on any atom is 0.0885 e. The van der Waals surface area contributed by atoms with Crippen LogP contribution >= 0.6 is 0 Å². The molecule has 0 spiro atoms. The van der Waals surface area contributed by atoms with Crippen molar-refractivity contribution in [2.24, 2.45) is 5.41 Å². The molecule has 0 unspecified atom stereocenters. The largest absolute Gasteiger partial charge is 0.309 e. The number of hydrogen-bond donors (Lipinski definition) is 0. The monoisotopic (exact) mass is 130 g/mol. The maximum absolute atomic E-state index is 10.5. The van der Waals surface area contributed by atoms with Crippen molar-refractivity contribution in [3.8, 4) is 0 Å². The molecule has 0 bridgehead atoms. The van der Waals surface area contributed by atoms with Gasteiger partial charge in [0.25, 0.3) is 0 Å². The Balaban J connectivity index is 3.58. The third-order valence-electron chi connectivity index (χ3n) is 1.13. The summed E-state index contributed by atoms with van der Waals surface area (Å²) < 4.78 is 0. The van der Waals surface area contributed by atoms with Crippen LogP contribution in [0.3, 0.4) is 0 Å². The molecule has 0 saturated heterocycles. The normalized spacial score (nSPS) is 12.7. The second kappa shape index (κ2) is 3.18. The van der Waals surface area contributed by atoms with Gasteiger partial charge >= 0.3 is 0 Å². The maximum atomic E-state index is 10.5. The zero-order valence-corrected chi connectivity index (χ0v) is 6.77. The Morgan fingerprint density at radius 1 is 1.33 bits per heavy atom. The highest BCUT2D eigenvalue weighted by Crippen LogP contribution is 2.13. The van der Waals surface area contributed by atoms with E-state index in [-0.39, 0.29) is 12.0 Å². The second-order valence-corrected chi connectivity index (χ2v) is 3.55. The van der Waals surface area contributed by atoms with Crippen LogP contribution in [0.25, 0.3) is 0 Å². The first-order chi connectivity index (χ1) is 3.98. The van der Waals surface area contributed by atoms with Gasteiger partial charge in [-0.1, -0.05) is 13.8 Å². The summed E-state index contributed by atoms with van der Waals surface area (Å²) in [7, 11) is 3.97. The Kier molecular flexibility index (Phi) is 3.15. The molecule has 9 heavy (non-hydrogen) atoms. The Hall–Kier alpha value is -0.0800. The molecule has 0 atom stereocenters. The van der Waals surface area contributed by atoms with Gasteiger partial charge < -0.3 is 4.90 Å². The number of rotatable bonds is 3. The van der Waals surface area contributed by atoms with Gasteiger partial charge in [0.2, 0.25) is 0 Å². The summed E-state index contributed by atoms with van der Waals surface area (Å²) in [5.41, 5.74) is -0.0660. The van der Waals surface area contributed by atoms with Crippen LogP contribution in [0.5, 0.6) is 0 Å². The molecule has 0 aliphatic rings. The zero-order chi connectivity index (χ0) is 7.49. The van der Waals surface area contributed by atoms with E-state index in [1.54, 1.807) is 0 Å². The molecular formula is C7H16NO. The summed E-state index contributed by atoms with van der Waals surface area (Å²) in [6, 6.07) is 0. The van der Waals surface area contributed by atoms with Gasteiger partial charge in [-0.3, -0.25) is 0 Å². The van der Waals surface area contributed by atoms with E-state index in [2.05, 4.69) is 0 Å². The number of nitrogens with zero attached hydrogens (tertiary/aromatic N) is 1. The predicted octanol–water partition coefficient (Wildman–Crippen LogP) is 1.00. The zero-order valence-electron chi connectivity index (χ0n) is 6.77. The minimum absolute atomic E-state index is 0.00514. The third-order valence-corrected chi connectivity index (χ3v) is 1.13. The molecule has 55 valence electrons. The Bertz CT molecular complexity index is 79.0. The van der Waals surface area contributed by atoms with E-state index in [1.807, 2.05) is 32.8 Å².